The molecule has 0 bridgehead atoms. The van der Waals surface area contributed by atoms with Crippen LogP contribution in [0.15, 0.2) is 73.2 Å². The summed E-state index contributed by atoms with van der Waals surface area (Å²) in [7, 11) is 1.76. The molecular weight excluding hydrogens is 404 g/mol. The van der Waals surface area contributed by atoms with Crippen LogP contribution in [0.3, 0.4) is 0 Å². The van der Waals surface area contributed by atoms with E-state index >= 15 is 0 Å². The van der Waals surface area contributed by atoms with Crippen molar-refractivity contribution >= 4 is 11.3 Å². The van der Waals surface area contributed by atoms with E-state index in [4.69, 9.17) is 4.74 Å². The second-order valence-corrected chi connectivity index (χ2v) is 10.2. The van der Waals surface area contributed by atoms with Gasteiger partial charge in [-0.05, 0) is 59.9 Å². The summed E-state index contributed by atoms with van der Waals surface area (Å²) in [5.41, 5.74) is 8.35. The minimum Gasteiger partial charge on any atom is -0.496 e. The third-order valence-corrected chi connectivity index (χ3v) is 6.46. The number of benzene rings is 2. The van der Waals surface area contributed by atoms with Gasteiger partial charge < -0.3 is 14.5 Å². The summed E-state index contributed by atoms with van der Waals surface area (Å²) < 4.78 is 5.74. The topological polar surface area (TPSA) is 15.7 Å². The first-order valence-electron chi connectivity index (χ1n) is 12.0. The van der Waals surface area contributed by atoms with Crippen LogP contribution in [-0.2, 0) is 12.8 Å². The number of nitrogens with zero attached hydrogens (tertiary/aromatic N) is 2. The minimum absolute atomic E-state index is 0.301. The molecule has 0 amide bonds. The number of piperazine rings is 1. The first kappa shape index (κ1) is 24.7. The zero-order valence-corrected chi connectivity index (χ0v) is 21.4. The molecule has 176 valence electrons. The van der Waals surface area contributed by atoms with Crippen LogP contribution in [0, 0.1) is 5.41 Å². The van der Waals surface area contributed by atoms with Crippen molar-refractivity contribution in [2.75, 3.05) is 25.1 Å². The molecule has 1 aliphatic rings. The van der Waals surface area contributed by atoms with Crippen molar-refractivity contribution in [2.24, 2.45) is 5.41 Å². The molecule has 1 saturated heterocycles. The zero-order valence-electron chi connectivity index (χ0n) is 21.4. The molecular formula is C30H40N2O. The Morgan fingerprint density at radius 2 is 1.73 bits per heavy atom. The first-order valence-corrected chi connectivity index (χ1v) is 12.0. The second-order valence-electron chi connectivity index (χ2n) is 10.2. The molecule has 0 aromatic heterocycles. The van der Waals surface area contributed by atoms with Crippen LogP contribution < -0.4 is 9.64 Å². The predicted molar refractivity (Wildman–Crippen MR) is 143 cm³/mol. The van der Waals surface area contributed by atoms with Gasteiger partial charge in [0, 0.05) is 31.0 Å². The van der Waals surface area contributed by atoms with Gasteiger partial charge in [0.2, 0.25) is 0 Å². The second kappa shape index (κ2) is 10.3. The molecule has 0 N–H and O–H groups in total. The van der Waals surface area contributed by atoms with Gasteiger partial charge in [0.25, 0.3) is 0 Å². The van der Waals surface area contributed by atoms with E-state index in [1.807, 2.05) is 0 Å². The van der Waals surface area contributed by atoms with Crippen molar-refractivity contribution in [2.45, 2.75) is 53.9 Å². The van der Waals surface area contributed by atoms with Crippen LogP contribution in [0.5, 0.6) is 5.75 Å². The lowest BCUT2D eigenvalue weighted by atomic mass is 9.88. The zero-order chi connectivity index (χ0) is 24.2. The highest BCUT2D eigenvalue weighted by Crippen LogP contribution is 2.34. The number of rotatable bonds is 7. The molecule has 0 atom stereocenters. The first-order chi connectivity index (χ1) is 15.6. The molecule has 0 radical (unpaired) electrons. The summed E-state index contributed by atoms with van der Waals surface area (Å²) in [6, 6.07) is 15.3. The molecule has 2 aromatic carbocycles. The summed E-state index contributed by atoms with van der Waals surface area (Å²) in [5, 5.41) is 0. The molecule has 0 spiro atoms. The van der Waals surface area contributed by atoms with Crippen LogP contribution in [0.1, 0.15) is 57.7 Å². The molecule has 1 heterocycles. The molecule has 33 heavy (non-hydrogen) atoms. The van der Waals surface area contributed by atoms with Crippen LogP contribution in [0.25, 0.3) is 5.57 Å². The lowest BCUT2D eigenvalue weighted by molar-refractivity contribution is 0.369. The van der Waals surface area contributed by atoms with Crippen LogP contribution in [-0.4, -0.2) is 25.1 Å². The normalized spacial score (nSPS) is 15.3. The van der Waals surface area contributed by atoms with E-state index in [0.717, 1.165) is 55.2 Å². The number of anilines is 1. The molecule has 0 aliphatic carbocycles. The quantitative estimate of drug-likeness (QED) is 0.441. The van der Waals surface area contributed by atoms with Crippen molar-refractivity contribution in [3.05, 3.63) is 89.9 Å². The molecule has 3 heteroatoms. The number of hydrogen-bond acceptors (Lipinski definition) is 3. The number of hydrogen-bond donors (Lipinski definition) is 0. The average molecular weight is 445 g/mol. The number of allylic oxidation sites excluding steroid dienone is 1. The Morgan fingerprint density at radius 1 is 1.03 bits per heavy atom. The third-order valence-electron chi connectivity index (χ3n) is 6.46. The highest BCUT2D eigenvalue weighted by molar-refractivity contribution is 5.65. The summed E-state index contributed by atoms with van der Waals surface area (Å²) in [4.78, 5) is 4.46. The average Bonchev–Trinajstić information content (AvgIpc) is 2.80. The van der Waals surface area contributed by atoms with Crippen LogP contribution in [0.2, 0.25) is 0 Å². The highest BCUT2D eigenvalue weighted by atomic mass is 16.5. The molecule has 2 aromatic rings. The van der Waals surface area contributed by atoms with Gasteiger partial charge in [-0.15, -0.1) is 0 Å². The van der Waals surface area contributed by atoms with Gasteiger partial charge in [-0.1, -0.05) is 71.2 Å². The summed E-state index contributed by atoms with van der Waals surface area (Å²) >= 11 is 0. The number of methoxy groups -OCH3 is 1. The SMILES string of the molecule is C=C1C(=C)N(c2ccc(CCC(C)(C)C)c(OC)c2)CCN1/C=C(\C)c1ccc(CC)cc1. The predicted octanol–water partition coefficient (Wildman–Crippen LogP) is 7.45. The number of aryl methyl sites for hydroxylation is 2. The number of ether oxygens (including phenoxy) is 1. The van der Waals surface area contributed by atoms with E-state index in [1.54, 1.807) is 7.11 Å². The Bertz CT molecular complexity index is 1020. The lowest BCUT2D eigenvalue weighted by Gasteiger charge is -2.39. The maximum Gasteiger partial charge on any atom is 0.124 e. The van der Waals surface area contributed by atoms with Gasteiger partial charge in [0.15, 0.2) is 0 Å². The molecule has 3 nitrogen and oxygen atoms in total. The summed E-state index contributed by atoms with van der Waals surface area (Å²) in [5.74, 6) is 0.948. The molecule has 0 unspecified atom stereocenters. The summed E-state index contributed by atoms with van der Waals surface area (Å²) in [6.07, 6.45) is 5.39. The van der Waals surface area contributed by atoms with Crippen molar-refractivity contribution in [1.82, 2.24) is 4.90 Å². The van der Waals surface area contributed by atoms with E-state index in [1.165, 1.54) is 22.3 Å². The Balaban J connectivity index is 1.74. The fourth-order valence-corrected chi connectivity index (χ4v) is 4.16. The van der Waals surface area contributed by atoms with Crippen LogP contribution in [0.4, 0.5) is 5.69 Å². The Morgan fingerprint density at radius 3 is 2.33 bits per heavy atom. The molecule has 0 saturated carbocycles. The van der Waals surface area contributed by atoms with E-state index in [2.05, 4.69) is 106 Å². The van der Waals surface area contributed by atoms with E-state index in [0.29, 0.717) is 5.41 Å². The van der Waals surface area contributed by atoms with E-state index < -0.39 is 0 Å². The third kappa shape index (κ3) is 6.10. The largest absolute Gasteiger partial charge is 0.496 e. The van der Waals surface area contributed by atoms with Gasteiger partial charge in [0.1, 0.15) is 5.75 Å². The van der Waals surface area contributed by atoms with E-state index in [-0.39, 0.29) is 0 Å². The minimum atomic E-state index is 0.301. The lowest BCUT2D eigenvalue weighted by Crippen LogP contribution is -2.40. The fraction of sp³-hybridized carbons (Fsp3) is 0.400. The van der Waals surface area contributed by atoms with Gasteiger partial charge >= 0.3 is 0 Å². The highest BCUT2D eigenvalue weighted by Gasteiger charge is 2.24. The monoisotopic (exact) mass is 444 g/mol. The Labute approximate surface area is 201 Å². The van der Waals surface area contributed by atoms with Crippen molar-refractivity contribution in [3.63, 3.8) is 0 Å². The molecule has 3 rings (SSSR count). The standard InChI is InChI=1S/C30H40N2O/c1-9-25-10-12-26(13-11-25)22(2)21-31-18-19-32(24(4)23(31)3)28-15-14-27(29(20-28)33-8)16-17-30(5,6)7/h10-15,20-21H,3-4,9,16-19H2,1-2,5-8H3/b22-21+. The van der Waals surface area contributed by atoms with E-state index in [9.17, 15) is 0 Å². The molecule has 1 fully saturated rings. The van der Waals surface area contributed by atoms with Crippen LogP contribution >= 0.6 is 0 Å². The maximum atomic E-state index is 5.74. The van der Waals surface area contributed by atoms with Gasteiger partial charge in [0.05, 0.1) is 18.5 Å². The Hall–Kier alpha value is -2.94. The molecule has 1 aliphatic heterocycles. The van der Waals surface area contributed by atoms with Gasteiger partial charge in [-0.25, -0.2) is 0 Å². The smallest absolute Gasteiger partial charge is 0.124 e. The van der Waals surface area contributed by atoms with Crippen molar-refractivity contribution in [1.29, 1.82) is 0 Å². The maximum absolute atomic E-state index is 5.74. The fourth-order valence-electron chi connectivity index (χ4n) is 4.16. The van der Waals surface area contributed by atoms with Crippen molar-refractivity contribution in [3.8, 4) is 5.75 Å². The van der Waals surface area contributed by atoms with Gasteiger partial charge in [-0.2, -0.15) is 0 Å². The van der Waals surface area contributed by atoms with Gasteiger partial charge in [-0.3, -0.25) is 0 Å². The Kier molecular flexibility index (Phi) is 7.73. The van der Waals surface area contributed by atoms with Crippen molar-refractivity contribution < 1.29 is 4.74 Å². The summed E-state index contributed by atoms with van der Waals surface area (Å²) in [6.45, 7) is 21.6.